The molecule has 0 radical (unpaired) electrons. The predicted molar refractivity (Wildman–Crippen MR) is 235 cm³/mol. The van der Waals surface area contributed by atoms with Gasteiger partial charge in [0, 0.05) is 59.1 Å². The minimum absolute atomic E-state index is 0.0468. The molecule has 10 nitrogen and oxygen atoms in total. The molecular formula is C43H47ClF3N5O5S3. The number of benzene rings is 5. The van der Waals surface area contributed by atoms with Crippen LogP contribution in [0.3, 0.4) is 0 Å². The van der Waals surface area contributed by atoms with Crippen LogP contribution in [0.1, 0.15) is 36.2 Å². The Bertz CT molecular complexity index is 2400. The highest BCUT2D eigenvalue weighted by atomic mass is 35.5. The van der Waals surface area contributed by atoms with Crippen LogP contribution in [0.2, 0.25) is 5.02 Å². The molecule has 0 fully saturated rings. The van der Waals surface area contributed by atoms with Crippen molar-refractivity contribution >= 4 is 60.5 Å². The van der Waals surface area contributed by atoms with Crippen LogP contribution in [0.4, 0.5) is 24.5 Å². The van der Waals surface area contributed by atoms with E-state index in [0.29, 0.717) is 55.1 Å². The zero-order valence-corrected chi connectivity index (χ0v) is 36.2. The third-order valence-corrected chi connectivity index (χ3v) is 13.9. The number of hydrogen-bond acceptors (Lipinski definition) is 10. The topological polar surface area (TPSA) is 137 Å². The molecule has 0 saturated heterocycles. The summed E-state index contributed by atoms with van der Waals surface area (Å²) in [5.41, 5.74) is -2.28. The van der Waals surface area contributed by atoms with E-state index in [0.717, 1.165) is 46.8 Å². The van der Waals surface area contributed by atoms with Crippen molar-refractivity contribution in [3.05, 3.63) is 137 Å². The smallest absolute Gasteiger partial charge is 0.384 e. The number of alkyl halides is 3. The van der Waals surface area contributed by atoms with Crippen LogP contribution in [-0.2, 0) is 26.4 Å². The number of anilines is 2. The molecule has 0 aliphatic heterocycles. The van der Waals surface area contributed by atoms with Crippen molar-refractivity contribution in [3.63, 3.8) is 0 Å². The molecule has 4 N–H and O–H groups in total. The van der Waals surface area contributed by atoms with Crippen molar-refractivity contribution in [1.82, 2.24) is 14.9 Å². The molecule has 0 saturated carbocycles. The van der Waals surface area contributed by atoms with Crippen molar-refractivity contribution in [2.24, 2.45) is 0 Å². The van der Waals surface area contributed by atoms with Gasteiger partial charge in [0.05, 0.1) is 10.6 Å². The maximum absolute atomic E-state index is 14.1. The lowest BCUT2D eigenvalue weighted by Gasteiger charge is -2.25. The summed E-state index contributed by atoms with van der Waals surface area (Å²) >= 11 is 7.50. The number of sulfone groups is 1. The van der Waals surface area contributed by atoms with Crippen molar-refractivity contribution in [2.75, 3.05) is 49.1 Å². The molecule has 0 unspecified atom stereocenters. The van der Waals surface area contributed by atoms with Gasteiger partial charge in [-0.2, -0.15) is 13.2 Å². The van der Waals surface area contributed by atoms with Crippen LogP contribution in [0.25, 0.3) is 11.1 Å². The maximum atomic E-state index is 14.1. The Hall–Kier alpha value is -4.58. The number of amides is 1. The summed E-state index contributed by atoms with van der Waals surface area (Å²) in [6.07, 6.45) is 0.454. The van der Waals surface area contributed by atoms with Crippen LogP contribution >= 0.6 is 23.4 Å². The van der Waals surface area contributed by atoms with Gasteiger partial charge in [-0.3, -0.25) is 4.79 Å². The van der Waals surface area contributed by atoms with Gasteiger partial charge in [0.1, 0.15) is 4.90 Å². The molecule has 5 rings (SSSR count). The van der Waals surface area contributed by atoms with E-state index in [9.17, 15) is 34.8 Å². The first-order valence-electron chi connectivity index (χ1n) is 19.2. The van der Waals surface area contributed by atoms with Gasteiger partial charge in [0.2, 0.25) is 0 Å². The zero-order chi connectivity index (χ0) is 43.3. The van der Waals surface area contributed by atoms with Gasteiger partial charge >= 0.3 is 5.51 Å². The highest BCUT2D eigenvalue weighted by Gasteiger charge is 2.48. The first-order valence-corrected chi connectivity index (χ1v) is 23.5. The summed E-state index contributed by atoms with van der Waals surface area (Å²) in [5, 5.41) is 10.3. The monoisotopic (exact) mass is 901 g/mol. The number of thioether (sulfide) groups is 1. The van der Waals surface area contributed by atoms with Crippen LogP contribution in [0, 0.1) is 0 Å². The Morgan fingerprint density at radius 1 is 0.817 bits per heavy atom. The standard InChI is InChI=1S/C43H47ClF3N5O5S3/c1-3-52(4-2)27-24-36(30-58-37-11-6-5-7-12-37)50-40-23-22-38(28-41(40)59(54,55)43(45,46)47)60(56,57)51-42(53)32-16-20-35(21-17-32)49-26-25-48-29-33-10-8-9-13-39(33)31-14-18-34(44)19-15-31/h5-23,28,36,48-50H,3-4,24-27,29-30H2,1-2H3,(H,51,53)/t36-/m1/s1. The fourth-order valence-electron chi connectivity index (χ4n) is 6.23. The highest BCUT2D eigenvalue weighted by Crippen LogP contribution is 2.37. The molecule has 0 aliphatic rings. The van der Waals surface area contributed by atoms with Gasteiger partial charge in [-0.1, -0.05) is 80.0 Å². The lowest BCUT2D eigenvalue weighted by molar-refractivity contribution is -0.0435. The molecule has 0 aliphatic carbocycles. The first-order chi connectivity index (χ1) is 28.6. The van der Waals surface area contributed by atoms with Crippen molar-refractivity contribution in [1.29, 1.82) is 0 Å². The lowest BCUT2D eigenvalue weighted by Crippen LogP contribution is -2.33. The summed E-state index contributed by atoms with van der Waals surface area (Å²) in [6.45, 7) is 7.76. The Morgan fingerprint density at radius 2 is 1.48 bits per heavy atom. The van der Waals surface area contributed by atoms with Crippen LogP contribution < -0.4 is 20.7 Å². The summed E-state index contributed by atoms with van der Waals surface area (Å²) in [7, 11) is -10.9. The summed E-state index contributed by atoms with van der Waals surface area (Å²) in [6, 6.07) is 32.8. The second kappa shape index (κ2) is 21.3. The van der Waals surface area contributed by atoms with Crippen LogP contribution in [0.5, 0.6) is 0 Å². The minimum Gasteiger partial charge on any atom is -0.384 e. The van der Waals surface area contributed by atoms with E-state index < -0.39 is 52.8 Å². The summed E-state index contributed by atoms with van der Waals surface area (Å²) in [5.74, 6) is -0.682. The number of nitrogens with one attached hydrogen (secondary N) is 4. The summed E-state index contributed by atoms with van der Waals surface area (Å²) < 4.78 is 96.7. The molecular weight excluding hydrogens is 855 g/mol. The average Bonchev–Trinajstić information content (AvgIpc) is 3.23. The molecule has 17 heteroatoms. The van der Waals surface area contributed by atoms with E-state index in [1.807, 2.05) is 97.4 Å². The third-order valence-electron chi connectivity index (χ3n) is 9.59. The molecule has 0 bridgehead atoms. The number of carbonyl (C=O) groups is 1. The molecule has 5 aromatic rings. The number of hydrogen-bond donors (Lipinski definition) is 4. The maximum Gasteiger partial charge on any atom is 0.501 e. The molecule has 1 amide bonds. The van der Waals surface area contributed by atoms with E-state index >= 15 is 0 Å². The Balaban J connectivity index is 1.24. The molecule has 5 aromatic carbocycles. The highest BCUT2D eigenvalue weighted by molar-refractivity contribution is 7.99. The Morgan fingerprint density at radius 3 is 2.15 bits per heavy atom. The van der Waals surface area contributed by atoms with E-state index in [1.165, 1.54) is 23.9 Å². The quantitative estimate of drug-likeness (QED) is 0.0418. The van der Waals surface area contributed by atoms with Gasteiger partial charge in [-0.05, 0) is 103 Å². The van der Waals surface area contributed by atoms with Crippen molar-refractivity contribution in [3.8, 4) is 11.1 Å². The molecule has 0 heterocycles. The van der Waals surface area contributed by atoms with Crippen LogP contribution in [0.15, 0.2) is 136 Å². The van der Waals surface area contributed by atoms with Gasteiger partial charge in [-0.25, -0.2) is 21.6 Å². The number of halogens is 4. The molecule has 0 spiro atoms. The molecule has 320 valence electrons. The van der Waals surface area contributed by atoms with E-state index in [4.69, 9.17) is 11.6 Å². The third kappa shape index (κ3) is 12.7. The van der Waals surface area contributed by atoms with Gasteiger partial charge in [0.15, 0.2) is 0 Å². The van der Waals surface area contributed by atoms with Crippen molar-refractivity contribution in [2.45, 2.75) is 53.0 Å². The van der Waals surface area contributed by atoms with Gasteiger partial charge < -0.3 is 20.9 Å². The zero-order valence-electron chi connectivity index (χ0n) is 33.0. The minimum atomic E-state index is -6.04. The van der Waals surface area contributed by atoms with E-state index in [2.05, 4.69) is 20.9 Å². The number of nitrogens with zero attached hydrogens (tertiary/aromatic N) is 1. The Kier molecular flexibility index (Phi) is 16.5. The fourth-order valence-corrected chi connectivity index (χ4v) is 9.37. The lowest BCUT2D eigenvalue weighted by atomic mass is 10.00. The molecule has 1 atom stereocenters. The SMILES string of the molecule is CCN(CC)CC[C@H](CSc1ccccc1)Nc1ccc(S(=O)(=O)NC(=O)c2ccc(NCCNCc3ccccc3-c3ccc(Cl)cc3)cc2)cc1S(=O)(=O)C(F)(F)F. The van der Waals surface area contributed by atoms with Gasteiger partial charge in [0.25, 0.3) is 25.8 Å². The molecule has 60 heavy (non-hydrogen) atoms. The second-order valence-electron chi connectivity index (χ2n) is 13.7. The fraction of sp³-hybridized carbons (Fsp3) is 0.279. The van der Waals surface area contributed by atoms with Crippen molar-refractivity contribution < 1.29 is 34.8 Å². The van der Waals surface area contributed by atoms with Crippen LogP contribution in [-0.4, -0.2) is 77.7 Å². The van der Waals surface area contributed by atoms with E-state index in [1.54, 1.807) is 12.1 Å². The average molecular weight is 903 g/mol. The Labute approximate surface area is 359 Å². The van der Waals surface area contributed by atoms with E-state index in [-0.39, 0.29) is 5.56 Å². The predicted octanol–water partition coefficient (Wildman–Crippen LogP) is 8.93. The number of rotatable bonds is 21. The number of sulfonamides is 1. The first kappa shape index (κ1) is 46.5. The second-order valence-corrected chi connectivity index (χ2v) is 18.8. The summed E-state index contributed by atoms with van der Waals surface area (Å²) in [4.78, 5) is 14.0. The normalized spacial score (nSPS) is 12.6. The number of carbonyl (C=O) groups excluding carboxylic acids is 1. The largest absolute Gasteiger partial charge is 0.501 e. The molecule has 0 aromatic heterocycles. The van der Waals surface area contributed by atoms with Gasteiger partial charge in [-0.15, -0.1) is 11.8 Å².